The van der Waals surface area contributed by atoms with Crippen LogP contribution < -0.4 is 0 Å². The van der Waals surface area contributed by atoms with Crippen molar-refractivity contribution < 1.29 is 17.0 Å². The van der Waals surface area contributed by atoms with Crippen LogP contribution in [0.25, 0.3) is 0 Å². The molecule has 0 spiro atoms. The molecule has 15 heavy (non-hydrogen) atoms. The van der Waals surface area contributed by atoms with Gasteiger partial charge in [-0.3, -0.25) is 9.17 Å². The van der Waals surface area contributed by atoms with Gasteiger partial charge in [-0.1, -0.05) is 6.92 Å². The Morgan fingerprint density at radius 2 is 2.20 bits per heavy atom. The summed E-state index contributed by atoms with van der Waals surface area (Å²) >= 11 is 0. The molecule has 1 aromatic heterocycles. The fraction of sp³-hybridized carbons (Fsp3) is 0.444. The lowest BCUT2D eigenvalue weighted by Crippen LogP contribution is -2.11. The van der Waals surface area contributed by atoms with Gasteiger partial charge in [0.1, 0.15) is 11.9 Å². The van der Waals surface area contributed by atoms with E-state index in [1.165, 1.54) is 12.1 Å². The maximum absolute atomic E-state index is 12.6. The third kappa shape index (κ3) is 3.93. The summed E-state index contributed by atoms with van der Waals surface area (Å²) in [5, 5.41) is 0. The fourth-order valence-electron chi connectivity index (χ4n) is 1.12. The summed E-state index contributed by atoms with van der Waals surface area (Å²) in [6.07, 6.45) is 1.80. The molecule has 0 aliphatic rings. The van der Waals surface area contributed by atoms with Crippen LogP contribution in [0.3, 0.4) is 0 Å². The molecule has 1 unspecified atom stereocenters. The quantitative estimate of drug-likeness (QED) is 0.742. The van der Waals surface area contributed by atoms with Crippen LogP contribution in [0.5, 0.6) is 0 Å². The third-order valence-corrected chi connectivity index (χ3v) is 2.32. The van der Waals surface area contributed by atoms with Gasteiger partial charge in [-0.2, -0.15) is 8.42 Å². The van der Waals surface area contributed by atoms with Crippen LogP contribution in [-0.2, 0) is 14.3 Å². The lowest BCUT2D eigenvalue weighted by molar-refractivity contribution is 0.206. The molecule has 1 heterocycles. The molecule has 0 saturated carbocycles. The molecule has 1 atom stereocenters. The molecule has 0 saturated heterocycles. The van der Waals surface area contributed by atoms with Crippen molar-refractivity contribution in [2.45, 2.75) is 19.4 Å². The second-order valence-electron chi connectivity index (χ2n) is 3.10. The highest BCUT2D eigenvalue weighted by atomic mass is 32.2. The normalized spacial score (nSPS) is 13.8. The molecule has 0 aromatic carbocycles. The van der Waals surface area contributed by atoms with Crippen LogP contribution in [0, 0.1) is 5.82 Å². The molecule has 0 fully saturated rings. The lowest BCUT2D eigenvalue weighted by atomic mass is 10.2. The van der Waals surface area contributed by atoms with Gasteiger partial charge in [0.2, 0.25) is 0 Å². The van der Waals surface area contributed by atoms with Crippen molar-refractivity contribution in [2.24, 2.45) is 0 Å². The summed E-state index contributed by atoms with van der Waals surface area (Å²) in [5.41, 5.74) is 0.407. The van der Waals surface area contributed by atoms with Crippen LogP contribution in [0.2, 0.25) is 0 Å². The van der Waals surface area contributed by atoms with Gasteiger partial charge in [-0.25, -0.2) is 4.39 Å². The van der Waals surface area contributed by atoms with Crippen LogP contribution in [-0.4, -0.2) is 19.7 Å². The Kier molecular flexibility index (Phi) is 3.76. The molecule has 0 aliphatic heterocycles. The van der Waals surface area contributed by atoms with E-state index in [4.69, 9.17) is 4.18 Å². The average Bonchev–Trinajstić information content (AvgIpc) is 2.14. The van der Waals surface area contributed by atoms with Crippen LogP contribution >= 0.6 is 0 Å². The maximum atomic E-state index is 12.6. The van der Waals surface area contributed by atoms with Gasteiger partial charge in [0.25, 0.3) is 10.1 Å². The van der Waals surface area contributed by atoms with Crippen LogP contribution in [0.1, 0.15) is 25.1 Å². The van der Waals surface area contributed by atoms with Gasteiger partial charge in [-0.15, -0.1) is 0 Å². The van der Waals surface area contributed by atoms with Crippen molar-refractivity contribution in [3.8, 4) is 0 Å². The number of aromatic nitrogens is 1. The zero-order chi connectivity index (χ0) is 11.5. The largest absolute Gasteiger partial charge is 0.265 e. The molecule has 84 valence electrons. The molecule has 0 N–H and O–H groups in total. The maximum Gasteiger partial charge on any atom is 0.265 e. The summed E-state index contributed by atoms with van der Waals surface area (Å²) in [7, 11) is -3.53. The van der Waals surface area contributed by atoms with E-state index in [9.17, 15) is 12.8 Å². The minimum atomic E-state index is -3.53. The van der Waals surface area contributed by atoms with E-state index >= 15 is 0 Å². The molecular formula is C9H12FNO3S. The number of hydrogen-bond donors (Lipinski definition) is 0. The van der Waals surface area contributed by atoms with Crippen LogP contribution in [0.15, 0.2) is 18.3 Å². The van der Waals surface area contributed by atoms with Gasteiger partial charge < -0.3 is 0 Å². The second kappa shape index (κ2) is 4.67. The highest BCUT2D eigenvalue weighted by molar-refractivity contribution is 7.86. The third-order valence-electron chi connectivity index (χ3n) is 1.74. The summed E-state index contributed by atoms with van der Waals surface area (Å²) in [6.45, 7) is 1.76. The van der Waals surface area contributed by atoms with E-state index in [2.05, 4.69) is 4.98 Å². The number of hydrogen-bond acceptors (Lipinski definition) is 4. The topological polar surface area (TPSA) is 56.3 Å². The molecule has 0 bridgehead atoms. The van der Waals surface area contributed by atoms with Crippen molar-refractivity contribution in [1.82, 2.24) is 4.98 Å². The zero-order valence-electron chi connectivity index (χ0n) is 8.47. The predicted molar refractivity (Wildman–Crippen MR) is 53.2 cm³/mol. The Balaban J connectivity index is 2.88. The Bertz CT molecular complexity index is 415. The van der Waals surface area contributed by atoms with Gasteiger partial charge in [0, 0.05) is 0 Å². The first-order chi connectivity index (χ1) is 6.92. The molecule has 0 radical (unpaired) electrons. The molecule has 0 amide bonds. The van der Waals surface area contributed by atoms with Gasteiger partial charge >= 0.3 is 0 Å². The van der Waals surface area contributed by atoms with E-state index in [0.29, 0.717) is 12.1 Å². The molecule has 0 aliphatic carbocycles. The van der Waals surface area contributed by atoms with Crippen molar-refractivity contribution in [1.29, 1.82) is 0 Å². The van der Waals surface area contributed by atoms with E-state index in [0.717, 1.165) is 12.5 Å². The minimum absolute atomic E-state index is 0.407. The molecule has 1 rings (SSSR count). The van der Waals surface area contributed by atoms with Crippen molar-refractivity contribution in [3.63, 3.8) is 0 Å². The summed E-state index contributed by atoms with van der Waals surface area (Å²) in [6, 6.07) is 2.63. The molecule has 1 aromatic rings. The number of nitrogens with zero attached hydrogens (tertiary/aromatic N) is 1. The summed E-state index contributed by atoms with van der Waals surface area (Å²) < 4.78 is 39.2. The first kappa shape index (κ1) is 12.1. The van der Waals surface area contributed by atoms with E-state index in [1.54, 1.807) is 6.92 Å². The van der Waals surface area contributed by atoms with Crippen molar-refractivity contribution in [3.05, 3.63) is 29.8 Å². The number of rotatable bonds is 4. The first-order valence-electron chi connectivity index (χ1n) is 4.42. The Hall–Kier alpha value is -1.01. The Morgan fingerprint density at radius 1 is 1.53 bits per heavy atom. The second-order valence-corrected chi connectivity index (χ2v) is 4.70. The molecular weight excluding hydrogens is 221 g/mol. The van der Waals surface area contributed by atoms with Gasteiger partial charge in [0.05, 0.1) is 18.1 Å². The van der Waals surface area contributed by atoms with Crippen molar-refractivity contribution in [2.75, 3.05) is 6.26 Å². The van der Waals surface area contributed by atoms with Gasteiger partial charge in [-0.05, 0) is 18.6 Å². The standard InChI is InChI=1S/C9H12FNO3S/c1-3-9(14-15(2,12)13)8-5-4-7(10)6-11-8/h4-6,9H,3H2,1-2H3. The molecule has 6 heteroatoms. The minimum Gasteiger partial charge on any atom is -0.261 e. The smallest absolute Gasteiger partial charge is 0.261 e. The number of halogens is 1. The monoisotopic (exact) mass is 233 g/mol. The van der Waals surface area contributed by atoms with Crippen molar-refractivity contribution >= 4 is 10.1 Å². The summed E-state index contributed by atoms with van der Waals surface area (Å²) in [5.74, 6) is -0.465. The Labute approximate surface area is 88.2 Å². The average molecular weight is 233 g/mol. The highest BCUT2D eigenvalue weighted by Crippen LogP contribution is 2.20. The Morgan fingerprint density at radius 3 is 2.60 bits per heavy atom. The molecule has 4 nitrogen and oxygen atoms in total. The first-order valence-corrected chi connectivity index (χ1v) is 6.23. The summed E-state index contributed by atoms with van der Waals surface area (Å²) in [4.78, 5) is 3.77. The SMILES string of the molecule is CCC(OS(C)(=O)=O)c1ccc(F)cn1. The van der Waals surface area contributed by atoms with Gasteiger partial charge in [0.15, 0.2) is 0 Å². The van der Waals surface area contributed by atoms with E-state index < -0.39 is 22.0 Å². The predicted octanol–water partition coefficient (Wildman–Crippen LogP) is 1.65. The van der Waals surface area contributed by atoms with E-state index in [1.807, 2.05) is 0 Å². The zero-order valence-corrected chi connectivity index (χ0v) is 9.29. The highest BCUT2D eigenvalue weighted by Gasteiger charge is 2.16. The van der Waals surface area contributed by atoms with Crippen LogP contribution in [0.4, 0.5) is 4.39 Å². The van der Waals surface area contributed by atoms with E-state index in [-0.39, 0.29) is 0 Å². The lowest BCUT2D eigenvalue weighted by Gasteiger charge is -2.13. The fourth-order valence-corrected chi connectivity index (χ4v) is 1.77. The number of pyridine rings is 1.